The van der Waals surface area contributed by atoms with Crippen LogP contribution < -0.4 is 4.74 Å². The molecule has 0 aliphatic carbocycles. The molecule has 0 bridgehead atoms. The predicted molar refractivity (Wildman–Crippen MR) is 90.8 cm³/mol. The van der Waals surface area contributed by atoms with Gasteiger partial charge in [-0.25, -0.2) is 0 Å². The molecular weight excluding hydrogens is 314 g/mol. The molecule has 3 heterocycles. The molecule has 0 saturated heterocycles. The van der Waals surface area contributed by atoms with E-state index in [1.165, 1.54) is 11.1 Å². The first-order valence-corrected chi connectivity index (χ1v) is 8.53. The van der Waals surface area contributed by atoms with Crippen LogP contribution in [-0.4, -0.2) is 11.1 Å². The molecule has 110 valence electrons. The van der Waals surface area contributed by atoms with Crippen molar-refractivity contribution in [1.29, 1.82) is 0 Å². The van der Waals surface area contributed by atoms with Gasteiger partial charge in [0.1, 0.15) is 11.9 Å². The van der Waals surface area contributed by atoms with E-state index < -0.39 is 0 Å². The molecule has 0 spiro atoms. The zero-order valence-corrected chi connectivity index (χ0v) is 13.4. The largest absolute Gasteiger partial charge is 0.489 e. The van der Waals surface area contributed by atoms with Gasteiger partial charge in [-0.1, -0.05) is 17.7 Å². The molecule has 0 amide bonds. The Labute approximate surface area is 138 Å². The van der Waals surface area contributed by atoms with Gasteiger partial charge in [-0.2, -0.15) is 11.3 Å². The number of halogens is 1. The molecule has 1 aliphatic rings. The molecule has 0 radical (unpaired) electrons. The first-order valence-electron chi connectivity index (χ1n) is 7.21. The molecule has 1 unspecified atom stereocenters. The molecule has 0 saturated carbocycles. The Balaban J connectivity index is 1.65. The van der Waals surface area contributed by atoms with Crippen LogP contribution in [0, 0.1) is 0 Å². The highest BCUT2D eigenvalue weighted by Crippen LogP contribution is 2.42. The van der Waals surface area contributed by atoms with Crippen LogP contribution in [-0.2, 0) is 12.8 Å². The third-order valence-corrected chi connectivity index (χ3v) is 4.76. The molecule has 4 heteroatoms. The van der Waals surface area contributed by atoms with E-state index in [2.05, 4.69) is 21.8 Å². The van der Waals surface area contributed by atoms with E-state index in [4.69, 9.17) is 16.3 Å². The summed E-state index contributed by atoms with van der Waals surface area (Å²) in [4.78, 5) is 4.39. The number of hydrogen-bond acceptors (Lipinski definition) is 3. The molecule has 1 atom stereocenters. The Kier molecular flexibility index (Phi) is 3.60. The van der Waals surface area contributed by atoms with Gasteiger partial charge in [-0.3, -0.25) is 4.98 Å². The van der Waals surface area contributed by atoms with Crippen molar-refractivity contribution in [3.8, 4) is 16.9 Å². The van der Waals surface area contributed by atoms with E-state index >= 15 is 0 Å². The SMILES string of the molecule is Clc1cc2c(c(-c3ccsc3)c1)OC(Cc1ccccn1)C2. The van der Waals surface area contributed by atoms with Crippen LogP contribution in [0.25, 0.3) is 11.1 Å². The Morgan fingerprint density at radius 3 is 3.00 bits per heavy atom. The summed E-state index contributed by atoms with van der Waals surface area (Å²) in [7, 11) is 0. The fourth-order valence-corrected chi connectivity index (χ4v) is 3.79. The number of rotatable bonds is 3. The van der Waals surface area contributed by atoms with Crippen LogP contribution in [0.2, 0.25) is 5.02 Å². The lowest BCUT2D eigenvalue weighted by molar-refractivity contribution is 0.232. The average molecular weight is 328 g/mol. The molecule has 22 heavy (non-hydrogen) atoms. The zero-order chi connectivity index (χ0) is 14.9. The van der Waals surface area contributed by atoms with Crippen molar-refractivity contribution in [1.82, 2.24) is 4.98 Å². The van der Waals surface area contributed by atoms with Crippen molar-refractivity contribution in [2.24, 2.45) is 0 Å². The third-order valence-electron chi connectivity index (χ3n) is 3.86. The minimum Gasteiger partial charge on any atom is -0.489 e. The Bertz CT molecular complexity index is 786. The van der Waals surface area contributed by atoms with E-state index in [1.807, 2.05) is 36.5 Å². The number of benzene rings is 1. The molecule has 4 rings (SSSR count). The van der Waals surface area contributed by atoms with Crippen molar-refractivity contribution in [2.45, 2.75) is 18.9 Å². The number of nitrogens with zero attached hydrogens (tertiary/aromatic N) is 1. The first kappa shape index (κ1) is 13.8. The normalized spacial score (nSPS) is 16.3. The number of thiophene rings is 1. The summed E-state index contributed by atoms with van der Waals surface area (Å²) in [6.07, 6.45) is 3.64. The predicted octanol–water partition coefficient (Wildman–Crippen LogP) is 5.01. The topological polar surface area (TPSA) is 22.1 Å². The van der Waals surface area contributed by atoms with Crippen molar-refractivity contribution in [3.63, 3.8) is 0 Å². The van der Waals surface area contributed by atoms with Crippen LogP contribution >= 0.6 is 22.9 Å². The molecule has 3 aromatic rings. The quantitative estimate of drug-likeness (QED) is 0.674. The van der Waals surface area contributed by atoms with Crippen molar-refractivity contribution in [2.75, 3.05) is 0 Å². The second-order valence-corrected chi connectivity index (χ2v) is 6.64. The van der Waals surface area contributed by atoms with Crippen molar-refractivity contribution < 1.29 is 4.74 Å². The van der Waals surface area contributed by atoms with Crippen LogP contribution in [0.3, 0.4) is 0 Å². The van der Waals surface area contributed by atoms with Gasteiger partial charge in [0.25, 0.3) is 0 Å². The molecule has 0 fully saturated rings. The van der Waals surface area contributed by atoms with Gasteiger partial charge in [0.05, 0.1) is 0 Å². The summed E-state index contributed by atoms with van der Waals surface area (Å²) >= 11 is 7.97. The standard InChI is InChI=1S/C18H14ClNOS/c19-14-7-13-8-16(10-15-3-1-2-5-20-15)21-18(13)17(9-14)12-4-6-22-11-12/h1-7,9,11,16H,8,10H2. The van der Waals surface area contributed by atoms with Gasteiger partial charge in [0.2, 0.25) is 0 Å². The monoisotopic (exact) mass is 327 g/mol. The van der Waals surface area contributed by atoms with Crippen molar-refractivity contribution >= 4 is 22.9 Å². The smallest absolute Gasteiger partial charge is 0.131 e. The average Bonchev–Trinajstić information content (AvgIpc) is 3.16. The summed E-state index contributed by atoms with van der Waals surface area (Å²) in [6.45, 7) is 0. The zero-order valence-electron chi connectivity index (χ0n) is 11.8. The maximum Gasteiger partial charge on any atom is 0.131 e. The minimum atomic E-state index is 0.126. The number of hydrogen-bond donors (Lipinski definition) is 0. The molecule has 1 aliphatic heterocycles. The number of aromatic nitrogens is 1. The Morgan fingerprint density at radius 2 is 2.23 bits per heavy atom. The minimum absolute atomic E-state index is 0.126. The summed E-state index contributed by atoms with van der Waals surface area (Å²) in [5.74, 6) is 0.976. The molecule has 2 aromatic heterocycles. The Hall–Kier alpha value is -1.84. The van der Waals surface area contributed by atoms with Gasteiger partial charge >= 0.3 is 0 Å². The van der Waals surface area contributed by atoms with E-state index in [-0.39, 0.29) is 6.10 Å². The third kappa shape index (κ3) is 2.62. The highest BCUT2D eigenvalue weighted by atomic mass is 35.5. The lowest BCUT2D eigenvalue weighted by Gasteiger charge is -2.12. The van der Waals surface area contributed by atoms with Gasteiger partial charge in [-0.05, 0) is 52.2 Å². The van der Waals surface area contributed by atoms with Crippen molar-refractivity contribution in [3.05, 3.63) is 69.6 Å². The van der Waals surface area contributed by atoms with Crippen LogP contribution in [0.1, 0.15) is 11.3 Å². The molecule has 1 aromatic carbocycles. The van der Waals surface area contributed by atoms with Gasteiger partial charge < -0.3 is 4.74 Å². The number of pyridine rings is 1. The van der Waals surface area contributed by atoms with E-state index in [9.17, 15) is 0 Å². The first-order chi connectivity index (χ1) is 10.8. The van der Waals surface area contributed by atoms with E-state index in [1.54, 1.807) is 11.3 Å². The highest BCUT2D eigenvalue weighted by molar-refractivity contribution is 7.08. The fraction of sp³-hybridized carbons (Fsp3) is 0.167. The van der Waals surface area contributed by atoms with Crippen LogP contribution in [0.4, 0.5) is 0 Å². The summed E-state index contributed by atoms with van der Waals surface area (Å²) in [5, 5.41) is 4.96. The maximum atomic E-state index is 6.29. The summed E-state index contributed by atoms with van der Waals surface area (Å²) < 4.78 is 6.23. The molecular formula is C18H14ClNOS. The summed E-state index contributed by atoms with van der Waals surface area (Å²) in [6, 6.07) is 12.1. The van der Waals surface area contributed by atoms with Gasteiger partial charge in [0, 0.05) is 35.3 Å². The second kappa shape index (κ2) is 5.75. The number of fused-ring (bicyclic) bond motifs is 1. The van der Waals surface area contributed by atoms with E-state index in [0.717, 1.165) is 34.9 Å². The van der Waals surface area contributed by atoms with Crippen LogP contribution in [0.15, 0.2) is 53.4 Å². The maximum absolute atomic E-state index is 6.29. The van der Waals surface area contributed by atoms with Gasteiger partial charge in [0.15, 0.2) is 0 Å². The summed E-state index contributed by atoms with van der Waals surface area (Å²) in [5.41, 5.74) is 4.51. The second-order valence-electron chi connectivity index (χ2n) is 5.42. The Morgan fingerprint density at radius 1 is 1.27 bits per heavy atom. The lowest BCUT2D eigenvalue weighted by Crippen LogP contribution is -2.16. The number of ether oxygens (including phenoxy) is 1. The fourth-order valence-electron chi connectivity index (χ4n) is 2.89. The van der Waals surface area contributed by atoms with Crippen LogP contribution in [0.5, 0.6) is 5.75 Å². The molecule has 2 nitrogen and oxygen atoms in total. The lowest BCUT2D eigenvalue weighted by atomic mass is 10.0. The van der Waals surface area contributed by atoms with E-state index in [0.29, 0.717) is 0 Å². The van der Waals surface area contributed by atoms with Gasteiger partial charge in [-0.15, -0.1) is 0 Å². The highest BCUT2D eigenvalue weighted by Gasteiger charge is 2.27. The molecule has 0 N–H and O–H groups in total.